The average Bonchev–Trinajstić information content (AvgIpc) is 2.38. The van der Waals surface area contributed by atoms with Crippen LogP contribution in [-0.4, -0.2) is 29.2 Å². The molecule has 1 aliphatic carbocycles. The van der Waals surface area contributed by atoms with Crippen LogP contribution in [0.4, 0.5) is 13.2 Å². The van der Waals surface area contributed by atoms with E-state index in [9.17, 15) is 18.3 Å². The molecule has 1 aliphatic rings. The third-order valence-corrected chi connectivity index (χ3v) is 3.97. The summed E-state index contributed by atoms with van der Waals surface area (Å²) in [6.45, 7) is 0.555. The van der Waals surface area contributed by atoms with Crippen LogP contribution in [0.15, 0.2) is 24.3 Å². The minimum absolute atomic E-state index is 0.103. The highest BCUT2D eigenvalue weighted by atomic mass is 19.4. The molecule has 1 N–H and O–H groups in total. The molecule has 2 rings (SSSR count). The third-order valence-electron chi connectivity index (χ3n) is 3.97. The van der Waals surface area contributed by atoms with Crippen LogP contribution in [-0.2, 0) is 12.7 Å². The second-order valence-electron chi connectivity index (χ2n) is 5.53. The van der Waals surface area contributed by atoms with Crippen molar-refractivity contribution in [2.45, 2.75) is 50.6 Å². The molecule has 20 heavy (non-hydrogen) atoms. The van der Waals surface area contributed by atoms with Crippen molar-refractivity contribution in [3.63, 3.8) is 0 Å². The van der Waals surface area contributed by atoms with Crippen LogP contribution in [0.5, 0.6) is 0 Å². The van der Waals surface area contributed by atoms with Gasteiger partial charge in [0.15, 0.2) is 0 Å². The minimum Gasteiger partial charge on any atom is -0.391 e. The lowest BCUT2D eigenvalue weighted by Crippen LogP contribution is -2.42. The highest BCUT2D eigenvalue weighted by Gasteiger charge is 2.30. The van der Waals surface area contributed by atoms with E-state index >= 15 is 0 Å². The largest absolute Gasteiger partial charge is 0.416 e. The molecule has 0 spiro atoms. The lowest BCUT2D eigenvalue weighted by molar-refractivity contribution is -0.137. The maximum atomic E-state index is 12.5. The summed E-state index contributed by atoms with van der Waals surface area (Å²) in [5, 5.41) is 9.98. The maximum absolute atomic E-state index is 12.5. The van der Waals surface area contributed by atoms with Gasteiger partial charge in [0.25, 0.3) is 0 Å². The highest BCUT2D eigenvalue weighted by Crippen LogP contribution is 2.29. The predicted molar refractivity (Wildman–Crippen MR) is 71.2 cm³/mol. The van der Waals surface area contributed by atoms with Crippen LogP contribution < -0.4 is 0 Å². The topological polar surface area (TPSA) is 23.5 Å². The van der Waals surface area contributed by atoms with Crippen LogP contribution >= 0.6 is 0 Å². The van der Waals surface area contributed by atoms with E-state index in [0.717, 1.165) is 43.4 Å². The van der Waals surface area contributed by atoms with Gasteiger partial charge in [-0.1, -0.05) is 25.0 Å². The van der Waals surface area contributed by atoms with E-state index in [1.807, 2.05) is 11.9 Å². The molecule has 1 aromatic rings. The molecule has 0 heterocycles. The first-order valence-corrected chi connectivity index (χ1v) is 6.92. The molecular weight excluding hydrogens is 267 g/mol. The van der Waals surface area contributed by atoms with Crippen molar-refractivity contribution < 1.29 is 18.3 Å². The molecule has 0 amide bonds. The summed E-state index contributed by atoms with van der Waals surface area (Å²) in [5.41, 5.74) is 0.208. The molecule has 2 atom stereocenters. The Balaban J connectivity index is 1.99. The smallest absolute Gasteiger partial charge is 0.391 e. The molecule has 112 valence electrons. The van der Waals surface area contributed by atoms with E-state index < -0.39 is 11.7 Å². The van der Waals surface area contributed by atoms with Gasteiger partial charge in [-0.05, 0) is 37.6 Å². The molecule has 0 radical (unpaired) electrons. The summed E-state index contributed by atoms with van der Waals surface area (Å²) in [7, 11) is 1.91. The first-order valence-electron chi connectivity index (χ1n) is 6.92. The van der Waals surface area contributed by atoms with E-state index in [1.165, 1.54) is 12.1 Å². The van der Waals surface area contributed by atoms with Gasteiger partial charge < -0.3 is 5.11 Å². The molecule has 5 heteroatoms. The molecule has 1 fully saturated rings. The number of hydrogen-bond acceptors (Lipinski definition) is 2. The van der Waals surface area contributed by atoms with E-state index in [4.69, 9.17) is 0 Å². The predicted octanol–water partition coefficient (Wildman–Crippen LogP) is 3.44. The van der Waals surface area contributed by atoms with Gasteiger partial charge in [0.2, 0.25) is 0 Å². The van der Waals surface area contributed by atoms with E-state index in [-0.39, 0.29) is 12.1 Å². The Hall–Kier alpha value is -1.07. The van der Waals surface area contributed by atoms with Crippen molar-refractivity contribution in [1.29, 1.82) is 0 Å². The zero-order valence-corrected chi connectivity index (χ0v) is 11.5. The first-order chi connectivity index (χ1) is 9.38. The number of hydrogen-bond donors (Lipinski definition) is 1. The zero-order valence-electron chi connectivity index (χ0n) is 11.5. The Bertz CT molecular complexity index is 430. The Morgan fingerprint density at radius 2 is 1.75 bits per heavy atom. The van der Waals surface area contributed by atoms with Gasteiger partial charge in [-0.25, -0.2) is 0 Å². The van der Waals surface area contributed by atoms with Gasteiger partial charge in [0.05, 0.1) is 11.7 Å². The fourth-order valence-electron chi connectivity index (χ4n) is 2.81. The molecule has 0 aromatic heterocycles. The highest BCUT2D eigenvalue weighted by molar-refractivity contribution is 5.24. The molecule has 0 bridgehead atoms. The fourth-order valence-corrected chi connectivity index (χ4v) is 2.81. The quantitative estimate of drug-likeness (QED) is 0.920. The summed E-state index contributed by atoms with van der Waals surface area (Å²) in [4.78, 5) is 2.03. The monoisotopic (exact) mass is 287 g/mol. The Kier molecular flexibility index (Phi) is 4.70. The third kappa shape index (κ3) is 3.73. The number of aliphatic hydroxyl groups is 1. The van der Waals surface area contributed by atoms with Gasteiger partial charge >= 0.3 is 6.18 Å². The SMILES string of the molecule is CN(Cc1ccc(C(F)(F)F)cc1)C1CCCCC1O. The summed E-state index contributed by atoms with van der Waals surface area (Å²) >= 11 is 0. The van der Waals surface area contributed by atoms with Crippen molar-refractivity contribution in [3.8, 4) is 0 Å². The number of benzene rings is 1. The molecular formula is C15H20F3NO. The molecule has 1 saturated carbocycles. The Morgan fingerprint density at radius 3 is 2.30 bits per heavy atom. The van der Waals surface area contributed by atoms with Gasteiger partial charge in [-0.3, -0.25) is 4.90 Å². The molecule has 0 aliphatic heterocycles. The van der Waals surface area contributed by atoms with Gasteiger partial charge in [0.1, 0.15) is 0 Å². The summed E-state index contributed by atoms with van der Waals surface area (Å²) < 4.78 is 37.4. The molecule has 2 unspecified atom stereocenters. The number of aliphatic hydroxyl groups excluding tert-OH is 1. The van der Waals surface area contributed by atoms with Crippen LogP contribution in [0, 0.1) is 0 Å². The lowest BCUT2D eigenvalue weighted by Gasteiger charge is -2.35. The fraction of sp³-hybridized carbons (Fsp3) is 0.600. The van der Waals surface area contributed by atoms with Crippen molar-refractivity contribution in [1.82, 2.24) is 4.90 Å². The van der Waals surface area contributed by atoms with Crippen molar-refractivity contribution in [2.24, 2.45) is 0 Å². The number of nitrogens with zero attached hydrogens (tertiary/aromatic N) is 1. The summed E-state index contributed by atoms with van der Waals surface area (Å²) in [6, 6.07) is 5.34. The second kappa shape index (κ2) is 6.14. The van der Waals surface area contributed by atoms with E-state index in [0.29, 0.717) is 6.54 Å². The van der Waals surface area contributed by atoms with E-state index in [2.05, 4.69) is 0 Å². The van der Waals surface area contributed by atoms with Crippen LogP contribution in [0.25, 0.3) is 0 Å². The van der Waals surface area contributed by atoms with Crippen molar-refractivity contribution in [2.75, 3.05) is 7.05 Å². The number of alkyl halides is 3. The van der Waals surface area contributed by atoms with Gasteiger partial charge in [-0.15, -0.1) is 0 Å². The molecule has 0 saturated heterocycles. The summed E-state index contributed by atoms with van der Waals surface area (Å²) in [5.74, 6) is 0. The van der Waals surface area contributed by atoms with Crippen LogP contribution in [0.2, 0.25) is 0 Å². The lowest BCUT2D eigenvalue weighted by atomic mass is 9.91. The number of likely N-dealkylation sites (N-methyl/N-ethyl adjacent to an activating group) is 1. The van der Waals surface area contributed by atoms with Crippen LogP contribution in [0.1, 0.15) is 36.8 Å². The number of rotatable bonds is 3. The first kappa shape index (κ1) is 15.3. The van der Waals surface area contributed by atoms with Gasteiger partial charge in [0, 0.05) is 12.6 Å². The maximum Gasteiger partial charge on any atom is 0.416 e. The molecule has 1 aromatic carbocycles. The Labute approximate surface area is 117 Å². The minimum atomic E-state index is -4.29. The zero-order chi connectivity index (χ0) is 14.8. The second-order valence-corrected chi connectivity index (χ2v) is 5.53. The van der Waals surface area contributed by atoms with Crippen LogP contribution in [0.3, 0.4) is 0 Å². The van der Waals surface area contributed by atoms with E-state index in [1.54, 1.807) is 0 Å². The Morgan fingerprint density at radius 1 is 1.15 bits per heavy atom. The number of halogens is 3. The van der Waals surface area contributed by atoms with Gasteiger partial charge in [-0.2, -0.15) is 13.2 Å². The summed E-state index contributed by atoms with van der Waals surface area (Å²) in [6.07, 6.45) is -0.724. The van der Waals surface area contributed by atoms with Crippen molar-refractivity contribution in [3.05, 3.63) is 35.4 Å². The molecule has 2 nitrogen and oxygen atoms in total. The average molecular weight is 287 g/mol. The normalized spacial score (nSPS) is 24.1. The van der Waals surface area contributed by atoms with Crippen molar-refractivity contribution >= 4 is 0 Å². The standard InChI is InChI=1S/C15H20F3NO/c1-19(13-4-2-3-5-14(13)20)10-11-6-8-12(9-7-11)15(16,17)18/h6-9,13-14,20H,2-5,10H2,1H3.